The van der Waals surface area contributed by atoms with E-state index in [2.05, 4.69) is 14.9 Å². The highest BCUT2D eigenvalue weighted by Gasteiger charge is 2.27. The van der Waals surface area contributed by atoms with Gasteiger partial charge in [0.1, 0.15) is 18.3 Å². The molecule has 0 bridgehead atoms. The lowest BCUT2D eigenvalue weighted by Crippen LogP contribution is -2.27. The second-order valence-electron chi connectivity index (χ2n) is 4.70. The van der Waals surface area contributed by atoms with Crippen LogP contribution < -0.4 is 5.73 Å². The van der Waals surface area contributed by atoms with Crippen LogP contribution in [0.3, 0.4) is 0 Å². The Morgan fingerprint density at radius 1 is 1.37 bits per heavy atom. The molecule has 0 amide bonds. The van der Waals surface area contributed by atoms with E-state index in [-0.39, 0.29) is 6.61 Å². The average molecular weight is 278 g/mol. The van der Waals surface area contributed by atoms with Crippen molar-refractivity contribution in [3.8, 4) is 0 Å². The van der Waals surface area contributed by atoms with Crippen LogP contribution in [0.4, 0.5) is 13.2 Å². The van der Waals surface area contributed by atoms with Crippen LogP contribution in [0, 0.1) is 5.92 Å². The van der Waals surface area contributed by atoms with Crippen LogP contribution in [0.25, 0.3) is 0 Å². The first-order chi connectivity index (χ1) is 8.99. The molecule has 2 heterocycles. The van der Waals surface area contributed by atoms with Crippen molar-refractivity contribution in [2.45, 2.75) is 32.0 Å². The zero-order valence-electron chi connectivity index (χ0n) is 10.5. The van der Waals surface area contributed by atoms with Crippen LogP contribution in [0.2, 0.25) is 0 Å². The van der Waals surface area contributed by atoms with Crippen LogP contribution in [0.1, 0.15) is 18.1 Å². The largest absolute Gasteiger partial charge is 0.411 e. The number of alkyl halides is 3. The molecule has 0 saturated heterocycles. The zero-order valence-corrected chi connectivity index (χ0v) is 10.5. The first-order valence-electron chi connectivity index (χ1n) is 6.25. The van der Waals surface area contributed by atoms with Crippen molar-refractivity contribution in [3.63, 3.8) is 0 Å². The maximum Gasteiger partial charge on any atom is 0.411 e. The van der Waals surface area contributed by atoms with Crippen LogP contribution in [-0.2, 0) is 24.1 Å². The molecule has 19 heavy (non-hydrogen) atoms. The summed E-state index contributed by atoms with van der Waals surface area (Å²) in [5, 5.41) is 8.06. The Hall–Kier alpha value is -1.15. The smallest absolute Gasteiger partial charge is 0.372 e. The van der Waals surface area contributed by atoms with Gasteiger partial charge in [-0.15, -0.1) is 10.2 Å². The number of halogens is 3. The summed E-state index contributed by atoms with van der Waals surface area (Å²) in [5.41, 5.74) is 5.64. The summed E-state index contributed by atoms with van der Waals surface area (Å²) in [4.78, 5) is 0. The first-order valence-corrected chi connectivity index (χ1v) is 6.25. The van der Waals surface area contributed by atoms with Gasteiger partial charge in [0.2, 0.25) is 0 Å². The molecule has 5 nitrogen and oxygen atoms in total. The molecule has 1 atom stereocenters. The predicted octanol–water partition coefficient (Wildman–Crippen LogP) is 0.921. The molecule has 2 rings (SSSR count). The minimum atomic E-state index is -4.28. The number of fused-ring (bicyclic) bond motifs is 1. The second kappa shape index (κ2) is 5.87. The highest BCUT2D eigenvalue weighted by molar-refractivity contribution is 5.00. The lowest BCUT2D eigenvalue weighted by Gasteiger charge is -2.22. The Balaban J connectivity index is 1.87. The summed E-state index contributed by atoms with van der Waals surface area (Å²) in [6, 6.07) is 0. The summed E-state index contributed by atoms with van der Waals surface area (Å²) in [6.07, 6.45) is -2.15. The van der Waals surface area contributed by atoms with E-state index in [0.717, 1.165) is 25.2 Å². The zero-order chi connectivity index (χ0) is 13.9. The number of ether oxygens (including phenoxy) is 1. The van der Waals surface area contributed by atoms with E-state index in [4.69, 9.17) is 5.73 Å². The number of aryl methyl sites for hydroxylation is 1. The van der Waals surface area contributed by atoms with Gasteiger partial charge in [-0.3, -0.25) is 0 Å². The molecule has 2 N–H and O–H groups in total. The summed E-state index contributed by atoms with van der Waals surface area (Å²) >= 11 is 0. The fourth-order valence-electron chi connectivity index (χ4n) is 2.18. The molecule has 0 fully saturated rings. The van der Waals surface area contributed by atoms with Crippen molar-refractivity contribution in [2.75, 3.05) is 19.8 Å². The van der Waals surface area contributed by atoms with Gasteiger partial charge in [0, 0.05) is 19.4 Å². The molecular formula is C11H17F3N4O. The van der Waals surface area contributed by atoms with Crippen molar-refractivity contribution in [1.29, 1.82) is 0 Å². The van der Waals surface area contributed by atoms with Gasteiger partial charge < -0.3 is 15.0 Å². The van der Waals surface area contributed by atoms with Crippen LogP contribution in [0.15, 0.2) is 0 Å². The Morgan fingerprint density at radius 2 is 2.16 bits per heavy atom. The Labute approximate surface area is 108 Å². The number of nitrogens with zero attached hydrogens (tertiary/aromatic N) is 3. The highest BCUT2D eigenvalue weighted by atomic mass is 19.4. The lowest BCUT2D eigenvalue weighted by atomic mass is 9.99. The monoisotopic (exact) mass is 278 g/mol. The van der Waals surface area contributed by atoms with E-state index < -0.39 is 12.8 Å². The van der Waals surface area contributed by atoms with Crippen molar-refractivity contribution in [1.82, 2.24) is 14.8 Å². The molecule has 8 heteroatoms. The molecule has 1 aromatic rings. The second-order valence-corrected chi connectivity index (χ2v) is 4.70. The first kappa shape index (κ1) is 14.3. The van der Waals surface area contributed by atoms with Gasteiger partial charge in [0.25, 0.3) is 0 Å². The number of rotatable bonds is 5. The molecular weight excluding hydrogens is 261 g/mol. The van der Waals surface area contributed by atoms with Gasteiger partial charge in [-0.2, -0.15) is 13.2 Å². The van der Waals surface area contributed by atoms with Gasteiger partial charge in [-0.1, -0.05) is 0 Å². The molecule has 0 radical (unpaired) electrons. The topological polar surface area (TPSA) is 66.0 Å². The SMILES string of the molecule is NCC1CCc2nnc(CCOCC(F)(F)F)n2C1. The third-order valence-corrected chi connectivity index (χ3v) is 3.19. The van der Waals surface area contributed by atoms with Crippen LogP contribution in [0.5, 0.6) is 0 Å². The molecule has 108 valence electrons. The molecule has 1 unspecified atom stereocenters. The van der Waals surface area contributed by atoms with E-state index in [9.17, 15) is 13.2 Å². The van der Waals surface area contributed by atoms with Gasteiger partial charge in [-0.05, 0) is 18.9 Å². The Morgan fingerprint density at radius 3 is 2.84 bits per heavy atom. The predicted molar refractivity (Wildman–Crippen MR) is 61.5 cm³/mol. The number of hydrogen-bond donors (Lipinski definition) is 1. The van der Waals surface area contributed by atoms with Crippen molar-refractivity contribution >= 4 is 0 Å². The minimum Gasteiger partial charge on any atom is -0.372 e. The molecule has 0 spiro atoms. The molecule has 1 aromatic heterocycles. The van der Waals surface area contributed by atoms with Gasteiger partial charge >= 0.3 is 6.18 Å². The molecule has 1 aliphatic rings. The fourth-order valence-corrected chi connectivity index (χ4v) is 2.18. The number of nitrogens with two attached hydrogens (primary N) is 1. The van der Waals surface area contributed by atoms with E-state index in [1.54, 1.807) is 0 Å². The van der Waals surface area contributed by atoms with Crippen LogP contribution >= 0.6 is 0 Å². The standard InChI is InChI=1S/C11H17F3N4O/c12-11(13,14)7-19-4-3-10-17-16-9-2-1-8(5-15)6-18(9)10/h8H,1-7,15H2. The quantitative estimate of drug-likeness (QED) is 0.813. The Kier molecular flexibility index (Phi) is 4.41. The minimum absolute atomic E-state index is 0.00899. The summed E-state index contributed by atoms with van der Waals surface area (Å²) in [7, 11) is 0. The molecule has 0 aliphatic carbocycles. The normalized spacial score (nSPS) is 19.5. The van der Waals surface area contributed by atoms with E-state index in [1.165, 1.54) is 0 Å². The van der Waals surface area contributed by atoms with Gasteiger partial charge in [-0.25, -0.2) is 0 Å². The van der Waals surface area contributed by atoms with E-state index in [0.29, 0.717) is 24.7 Å². The number of hydrogen-bond acceptors (Lipinski definition) is 4. The Bertz CT molecular complexity index is 419. The summed E-state index contributed by atoms with van der Waals surface area (Å²) < 4.78 is 42.3. The molecule has 1 aliphatic heterocycles. The van der Waals surface area contributed by atoms with Crippen molar-refractivity contribution < 1.29 is 17.9 Å². The maximum absolute atomic E-state index is 11.9. The average Bonchev–Trinajstić information content (AvgIpc) is 2.76. The van der Waals surface area contributed by atoms with Crippen molar-refractivity contribution in [3.05, 3.63) is 11.6 Å². The summed E-state index contributed by atoms with van der Waals surface area (Å²) in [6.45, 7) is 0.111. The maximum atomic E-state index is 11.9. The third kappa shape index (κ3) is 3.90. The van der Waals surface area contributed by atoms with Gasteiger partial charge in [0.05, 0.1) is 6.61 Å². The third-order valence-electron chi connectivity index (χ3n) is 3.19. The summed E-state index contributed by atoms with van der Waals surface area (Å²) in [5.74, 6) is 1.95. The van der Waals surface area contributed by atoms with Crippen LogP contribution in [-0.4, -0.2) is 40.7 Å². The van der Waals surface area contributed by atoms with E-state index in [1.807, 2.05) is 4.57 Å². The van der Waals surface area contributed by atoms with E-state index >= 15 is 0 Å². The molecule has 0 aromatic carbocycles. The number of aromatic nitrogens is 3. The van der Waals surface area contributed by atoms with Crippen molar-refractivity contribution in [2.24, 2.45) is 11.7 Å². The highest BCUT2D eigenvalue weighted by Crippen LogP contribution is 2.19. The fraction of sp³-hybridized carbons (Fsp3) is 0.818. The lowest BCUT2D eigenvalue weighted by molar-refractivity contribution is -0.173. The molecule has 0 saturated carbocycles. The van der Waals surface area contributed by atoms with Gasteiger partial charge in [0.15, 0.2) is 0 Å².